The summed E-state index contributed by atoms with van der Waals surface area (Å²) in [6.45, 7) is 3.16. The number of benzene rings is 2. The van der Waals surface area contributed by atoms with Crippen LogP contribution in [-0.2, 0) is 14.8 Å². The molecule has 1 saturated carbocycles. The number of carbonyl (C=O) groups excluding carboxylic acids is 1. The normalized spacial score (nSPS) is 18.2. The summed E-state index contributed by atoms with van der Waals surface area (Å²) in [6, 6.07) is 12.7. The molecule has 1 heterocycles. The lowest BCUT2D eigenvalue weighted by molar-refractivity contribution is 0.0730. The Hall–Kier alpha value is -1.87. The smallest absolute Gasteiger partial charge is 0.255 e. The molecule has 0 unspecified atom stereocenters. The molecule has 0 aromatic heterocycles. The first kappa shape index (κ1) is 22.3. The van der Waals surface area contributed by atoms with Crippen LogP contribution in [0.5, 0.6) is 0 Å². The van der Waals surface area contributed by atoms with Gasteiger partial charge < -0.3 is 10.1 Å². The molecule has 0 bridgehead atoms. The van der Waals surface area contributed by atoms with Gasteiger partial charge in [-0.2, -0.15) is 4.31 Å². The van der Waals surface area contributed by atoms with Crippen molar-refractivity contribution >= 4 is 33.4 Å². The van der Waals surface area contributed by atoms with Crippen LogP contribution >= 0.6 is 11.8 Å². The van der Waals surface area contributed by atoms with Gasteiger partial charge in [0, 0.05) is 28.8 Å². The Kier molecular flexibility index (Phi) is 7.01. The van der Waals surface area contributed by atoms with Crippen LogP contribution < -0.4 is 5.32 Å². The third-order valence-corrected chi connectivity index (χ3v) is 9.22. The van der Waals surface area contributed by atoms with E-state index in [4.69, 9.17) is 4.74 Å². The van der Waals surface area contributed by atoms with Crippen molar-refractivity contribution in [2.75, 3.05) is 31.6 Å². The SMILES string of the molecule is Cc1ccc(C(=O)Nc2ccccc2SC2CCCC2)cc1S(=O)(=O)N1CCOCC1. The zero-order valence-corrected chi connectivity index (χ0v) is 19.3. The van der Waals surface area contributed by atoms with E-state index in [2.05, 4.69) is 5.32 Å². The molecule has 1 aliphatic heterocycles. The number of thioether (sulfide) groups is 1. The van der Waals surface area contributed by atoms with E-state index in [1.54, 1.807) is 19.1 Å². The summed E-state index contributed by atoms with van der Waals surface area (Å²) in [5.74, 6) is -0.308. The minimum atomic E-state index is -3.68. The van der Waals surface area contributed by atoms with Crippen LogP contribution in [0.4, 0.5) is 5.69 Å². The molecule has 166 valence electrons. The maximum Gasteiger partial charge on any atom is 0.255 e. The topological polar surface area (TPSA) is 75.7 Å². The molecule has 1 N–H and O–H groups in total. The fourth-order valence-corrected chi connectivity index (χ4v) is 6.99. The Labute approximate surface area is 188 Å². The van der Waals surface area contributed by atoms with Gasteiger partial charge >= 0.3 is 0 Å². The van der Waals surface area contributed by atoms with E-state index in [1.165, 1.54) is 36.1 Å². The predicted molar refractivity (Wildman–Crippen MR) is 123 cm³/mol. The molecular weight excluding hydrogens is 432 g/mol. The van der Waals surface area contributed by atoms with Crippen molar-refractivity contribution in [1.29, 1.82) is 0 Å². The van der Waals surface area contributed by atoms with E-state index in [0.29, 0.717) is 42.7 Å². The van der Waals surface area contributed by atoms with Gasteiger partial charge in [0.15, 0.2) is 0 Å². The molecule has 31 heavy (non-hydrogen) atoms. The number of ether oxygens (including phenoxy) is 1. The van der Waals surface area contributed by atoms with Crippen molar-refractivity contribution in [3.63, 3.8) is 0 Å². The van der Waals surface area contributed by atoms with Crippen molar-refractivity contribution in [2.24, 2.45) is 0 Å². The molecule has 2 aliphatic rings. The van der Waals surface area contributed by atoms with E-state index >= 15 is 0 Å². The average molecular weight is 461 g/mol. The molecule has 2 aromatic rings. The number of carbonyl (C=O) groups is 1. The summed E-state index contributed by atoms with van der Waals surface area (Å²) in [6.07, 6.45) is 4.92. The van der Waals surface area contributed by atoms with E-state index < -0.39 is 10.0 Å². The predicted octanol–water partition coefficient (Wildman–Crippen LogP) is 4.30. The minimum absolute atomic E-state index is 0.177. The molecule has 2 aromatic carbocycles. The maximum atomic E-state index is 13.1. The van der Waals surface area contributed by atoms with Gasteiger partial charge in [-0.25, -0.2) is 8.42 Å². The van der Waals surface area contributed by atoms with Crippen LogP contribution in [0.3, 0.4) is 0 Å². The number of aryl methyl sites for hydroxylation is 1. The van der Waals surface area contributed by atoms with Crippen molar-refractivity contribution in [3.05, 3.63) is 53.6 Å². The summed E-state index contributed by atoms with van der Waals surface area (Å²) in [5, 5.41) is 3.58. The largest absolute Gasteiger partial charge is 0.379 e. The lowest BCUT2D eigenvalue weighted by Crippen LogP contribution is -2.40. The molecule has 2 fully saturated rings. The molecule has 1 amide bonds. The molecule has 6 nitrogen and oxygen atoms in total. The highest BCUT2D eigenvalue weighted by Gasteiger charge is 2.28. The average Bonchev–Trinajstić information content (AvgIpc) is 3.29. The second-order valence-electron chi connectivity index (χ2n) is 7.97. The zero-order chi connectivity index (χ0) is 21.8. The number of morpholine rings is 1. The van der Waals surface area contributed by atoms with Gasteiger partial charge in [-0.1, -0.05) is 31.0 Å². The quantitative estimate of drug-likeness (QED) is 0.696. The number of hydrogen-bond donors (Lipinski definition) is 1. The Morgan fingerprint density at radius 2 is 1.81 bits per heavy atom. The number of sulfonamides is 1. The monoisotopic (exact) mass is 460 g/mol. The lowest BCUT2D eigenvalue weighted by Gasteiger charge is -2.26. The number of nitrogens with one attached hydrogen (secondary N) is 1. The molecule has 8 heteroatoms. The summed E-state index contributed by atoms with van der Waals surface area (Å²) in [4.78, 5) is 14.2. The number of hydrogen-bond acceptors (Lipinski definition) is 5. The van der Waals surface area contributed by atoms with Crippen molar-refractivity contribution in [2.45, 2.75) is 47.6 Å². The van der Waals surface area contributed by atoms with Gasteiger partial charge in [-0.3, -0.25) is 4.79 Å². The van der Waals surface area contributed by atoms with Crippen LogP contribution in [0.2, 0.25) is 0 Å². The molecule has 1 saturated heterocycles. The van der Waals surface area contributed by atoms with Crippen LogP contribution in [-0.4, -0.2) is 50.2 Å². The highest BCUT2D eigenvalue weighted by atomic mass is 32.2. The molecule has 0 spiro atoms. The Morgan fingerprint density at radius 1 is 1.10 bits per heavy atom. The van der Waals surface area contributed by atoms with Crippen molar-refractivity contribution in [1.82, 2.24) is 4.31 Å². The Balaban J connectivity index is 1.55. The van der Waals surface area contributed by atoms with Crippen molar-refractivity contribution < 1.29 is 17.9 Å². The molecular formula is C23H28N2O4S2. The summed E-state index contributed by atoms with van der Waals surface area (Å²) in [5.41, 5.74) is 1.72. The first-order valence-corrected chi connectivity index (χ1v) is 13.0. The van der Waals surface area contributed by atoms with Gasteiger partial charge in [0.25, 0.3) is 5.91 Å². The van der Waals surface area contributed by atoms with Crippen LogP contribution in [0.25, 0.3) is 0 Å². The van der Waals surface area contributed by atoms with Crippen LogP contribution in [0.15, 0.2) is 52.3 Å². The fourth-order valence-electron chi connectivity index (χ4n) is 4.00. The highest BCUT2D eigenvalue weighted by molar-refractivity contribution is 8.00. The van der Waals surface area contributed by atoms with Crippen LogP contribution in [0.1, 0.15) is 41.6 Å². The minimum Gasteiger partial charge on any atom is -0.379 e. The third-order valence-electron chi connectivity index (χ3n) is 5.77. The summed E-state index contributed by atoms with van der Waals surface area (Å²) in [7, 11) is -3.68. The second-order valence-corrected chi connectivity index (χ2v) is 11.2. The maximum absolute atomic E-state index is 13.1. The standard InChI is InChI=1S/C23H28N2O4S2/c1-17-10-11-18(16-22(17)31(27,28)25-12-14-29-15-13-25)23(26)24-20-8-4-5-9-21(20)30-19-6-2-3-7-19/h4-5,8-11,16,19H,2-3,6-7,12-15H2,1H3,(H,24,26). The van der Waals surface area contributed by atoms with E-state index in [1.807, 2.05) is 36.0 Å². The van der Waals surface area contributed by atoms with Gasteiger partial charge in [0.2, 0.25) is 10.0 Å². The van der Waals surface area contributed by atoms with E-state index in [-0.39, 0.29) is 10.8 Å². The Bertz CT molecular complexity index is 1040. The van der Waals surface area contributed by atoms with Gasteiger partial charge in [0.05, 0.1) is 23.8 Å². The highest BCUT2D eigenvalue weighted by Crippen LogP contribution is 2.38. The lowest BCUT2D eigenvalue weighted by atomic mass is 10.1. The molecule has 0 radical (unpaired) electrons. The molecule has 1 aliphatic carbocycles. The van der Waals surface area contributed by atoms with Gasteiger partial charge in [-0.05, 0) is 49.6 Å². The number of amides is 1. The fraction of sp³-hybridized carbons (Fsp3) is 0.435. The van der Waals surface area contributed by atoms with Crippen LogP contribution in [0, 0.1) is 6.92 Å². The second kappa shape index (κ2) is 9.73. The number of nitrogens with zero attached hydrogens (tertiary/aromatic N) is 1. The Morgan fingerprint density at radius 3 is 2.55 bits per heavy atom. The van der Waals surface area contributed by atoms with E-state index in [9.17, 15) is 13.2 Å². The van der Waals surface area contributed by atoms with Gasteiger partial charge in [0.1, 0.15) is 0 Å². The number of anilines is 1. The van der Waals surface area contributed by atoms with E-state index in [0.717, 1.165) is 10.6 Å². The third kappa shape index (κ3) is 5.14. The molecule has 0 atom stereocenters. The zero-order valence-electron chi connectivity index (χ0n) is 17.7. The summed E-state index contributed by atoms with van der Waals surface area (Å²) >= 11 is 1.81. The number of para-hydroxylation sites is 1. The first-order chi connectivity index (χ1) is 14.9. The number of rotatable bonds is 6. The van der Waals surface area contributed by atoms with Gasteiger partial charge in [-0.15, -0.1) is 11.8 Å². The molecule has 4 rings (SSSR count). The summed E-state index contributed by atoms with van der Waals surface area (Å²) < 4.78 is 32.9. The first-order valence-electron chi connectivity index (χ1n) is 10.7. The van der Waals surface area contributed by atoms with Crippen molar-refractivity contribution in [3.8, 4) is 0 Å².